The van der Waals surface area contributed by atoms with Gasteiger partial charge >= 0.3 is 5.97 Å². The van der Waals surface area contributed by atoms with Crippen LogP contribution < -0.4 is 4.74 Å². The van der Waals surface area contributed by atoms with Crippen LogP contribution in [0.5, 0.6) is 5.75 Å². The zero-order chi connectivity index (χ0) is 22.1. The summed E-state index contributed by atoms with van der Waals surface area (Å²) in [6.07, 6.45) is 0.751. The lowest BCUT2D eigenvalue weighted by molar-refractivity contribution is -0.138. The van der Waals surface area contributed by atoms with Gasteiger partial charge in [0.15, 0.2) is 6.61 Å². The smallest absolute Gasteiger partial charge is 0.310 e. The Hall–Kier alpha value is -3.60. The maximum atomic E-state index is 11.1. The van der Waals surface area contributed by atoms with E-state index in [1.165, 1.54) is 5.56 Å². The Labute approximate surface area is 182 Å². The molecule has 0 saturated carbocycles. The van der Waals surface area contributed by atoms with Gasteiger partial charge in [-0.3, -0.25) is 4.79 Å². The first-order valence-corrected chi connectivity index (χ1v) is 10.4. The van der Waals surface area contributed by atoms with Crippen molar-refractivity contribution in [1.29, 1.82) is 0 Å². The average Bonchev–Trinajstić information content (AvgIpc) is 2.82. The Bertz CT molecular complexity index is 1010. The average molecular weight is 418 g/mol. The predicted molar refractivity (Wildman–Crippen MR) is 123 cm³/mol. The molecule has 1 N–H and O–H groups in total. The normalized spacial score (nSPS) is 12.3. The molecular formula is C26H27NO4. The number of oxime groups is 1. The highest BCUT2D eigenvalue weighted by atomic mass is 16.6. The number of carboxylic acids is 1. The van der Waals surface area contributed by atoms with Crippen molar-refractivity contribution < 1.29 is 19.5 Å². The topological polar surface area (TPSA) is 68.1 Å². The van der Waals surface area contributed by atoms with Crippen molar-refractivity contribution >= 4 is 11.7 Å². The third-order valence-corrected chi connectivity index (χ3v) is 5.01. The van der Waals surface area contributed by atoms with Gasteiger partial charge in [0.05, 0.1) is 11.6 Å². The van der Waals surface area contributed by atoms with E-state index in [1.807, 2.05) is 25.1 Å². The fraction of sp³-hybridized carbons (Fsp3) is 0.231. The van der Waals surface area contributed by atoms with Crippen LogP contribution in [0.2, 0.25) is 0 Å². The molecule has 3 aromatic carbocycles. The number of hydrogen-bond acceptors (Lipinski definition) is 4. The van der Waals surface area contributed by atoms with E-state index in [0.717, 1.165) is 23.3 Å². The van der Waals surface area contributed by atoms with Gasteiger partial charge < -0.3 is 14.7 Å². The molecule has 0 fully saturated rings. The largest absolute Gasteiger partial charge is 0.490 e. The Morgan fingerprint density at radius 2 is 1.65 bits per heavy atom. The lowest BCUT2D eigenvalue weighted by atomic mass is 10.0. The fourth-order valence-electron chi connectivity index (χ4n) is 3.14. The van der Waals surface area contributed by atoms with Crippen molar-refractivity contribution in [3.05, 3.63) is 90.0 Å². The van der Waals surface area contributed by atoms with Crippen LogP contribution in [-0.2, 0) is 9.63 Å². The summed E-state index contributed by atoms with van der Waals surface area (Å²) in [5, 5.41) is 13.4. The quantitative estimate of drug-likeness (QED) is 0.259. The number of benzene rings is 3. The molecule has 3 rings (SSSR count). The van der Waals surface area contributed by atoms with E-state index in [2.05, 4.69) is 41.6 Å². The lowest BCUT2D eigenvalue weighted by Crippen LogP contribution is -2.09. The first kappa shape index (κ1) is 22.1. The van der Waals surface area contributed by atoms with Gasteiger partial charge in [-0.2, -0.15) is 0 Å². The Balaban J connectivity index is 1.53. The van der Waals surface area contributed by atoms with Crippen LogP contribution in [0.1, 0.15) is 37.3 Å². The summed E-state index contributed by atoms with van der Waals surface area (Å²) in [6, 6.07) is 25.6. The van der Waals surface area contributed by atoms with E-state index in [-0.39, 0.29) is 0 Å². The number of rotatable bonds is 10. The molecule has 0 aliphatic carbocycles. The molecule has 5 nitrogen and oxygen atoms in total. The van der Waals surface area contributed by atoms with Crippen LogP contribution in [0.15, 0.2) is 84.0 Å². The second-order valence-corrected chi connectivity index (χ2v) is 7.15. The summed E-state index contributed by atoms with van der Waals surface area (Å²) >= 11 is 0. The molecular weight excluding hydrogens is 390 g/mol. The van der Waals surface area contributed by atoms with Gasteiger partial charge in [-0.1, -0.05) is 78.8 Å². The Morgan fingerprint density at radius 1 is 0.935 bits per heavy atom. The minimum absolute atomic E-state index is 0.296. The second kappa shape index (κ2) is 11.0. The first-order valence-electron chi connectivity index (χ1n) is 10.4. The van der Waals surface area contributed by atoms with Gasteiger partial charge in [0.25, 0.3) is 0 Å². The maximum Gasteiger partial charge on any atom is 0.310 e. The lowest BCUT2D eigenvalue weighted by Gasteiger charge is -2.10. The van der Waals surface area contributed by atoms with Crippen molar-refractivity contribution in [2.75, 3.05) is 13.2 Å². The van der Waals surface area contributed by atoms with Crippen molar-refractivity contribution in [1.82, 2.24) is 0 Å². The van der Waals surface area contributed by atoms with Crippen LogP contribution in [-0.4, -0.2) is 30.0 Å². The van der Waals surface area contributed by atoms with Gasteiger partial charge in [-0.25, -0.2) is 0 Å². The summed E-state index contributed by atoms with van der Waals surface area (Å²) < 4.78 is 5.68. The van der Waals surface area contributed by atoms with Crippen molar-refractivity contribution in [2.45, 2.75) is 26.2 Å². The summed E-state index contributed by atoms with van der Waals surface area (Å²) in [5.74, 6) is -0.825. The van der Waals surface area contributed by atoms with Gasteiger partial charge in [0, 0.05) is 0 Å². The zero-order valence-electron chi connectivity index (χ0n) is 17.8. The van der Waals surface area contributed by atoms with Crippen molar-refractivity contribution in [2.24, 2.45) is 5.16 Å². The Morgan fingerprint density at radius 3 is 2.32 bits per heavy atom. The summed E-state index contributed by atoms with van der Waals surface area (Å²) in [5.41, 5.74) is 4.94. The van der Waals surface area contributed by atoms with Crippen LogP contribution >= 0.6 is 0 Å². The highest BCUT2D eigenvalue weighted by Gasteiger charge is 2.13. The minimum atomic E-state index is -0.862. The molecule has 0 aliphatic heterocycles. The van der Waals surface area contributed by atoms with E-state index in [9.17, 15) is 4.79 Å². The van der Waals surface area contributed by atoms with E-state index >= 15 is 0 Å². The summed E-state index contributed by atoms with van der Waals surface area (Å²) in [4.78, 5) is 16.6. The number of carbonyl (C=O) groups is 1. The summed E-state index contributed by atoms with van der Waals surface area (Å²) in [7, 11) is 0. The molecule has 0 spiro atoms. The Kier molecular flexibility index (Phi) is 7.82. The number of ether oxygens (including phenoxy) is 1. The molecule has 0 amide bonds. The standard InChI is InChI=1S/C26H27NO4/c1-3-25(22-14-12-21(13-15-22)20-8-5-4-6-9-20)27-31-17-16-30-24-11-7-10-23(18-24)19(2)26(28)29/h4-15,18-19H,3,16-17H2,1-2H3,(H,28,29)/b27-25+. The zero-order valence-corrected chi connectivity index (χ0v) is 17.8. The van der Waals surface area contributed by atoms with Crippen molar-refractivity contribution in [3.63, 3.8) is 0 Å². The summed E-state index contributed by atoms with van der Waals surface area (Å²) in [6.45, 7) is 4.31. The van der Waals surface area contributed by atoms with E-state index < -0.39 is 11.9 Å². The van der Waals surface area contributed by atoms with E-state index in [0.29, 0.717) is 24.5 Å². The third kappa shape index (κ3) is 6.19. The van der Waals surface area contributed by atoms with Crippen LogP contribution in [0.3, 0.4) is 0 Å². The van der Waals surface area contributed by atoms with E-state index in [1.54, 1.807) is 31.2 Å². The van der Waals surface area contributed by atoms with Gasteiger partial charge in [-0.05, 0) is 47.7 Å². The number of aliphatic carboxylic acids is 1. The molecule has 5 heteroatoms. The highest BCUT2D eigenvalue weighted by Crippen LogP contribution is 2.21. The van der Waals surface area contributed by atoms with Gasteiger partial charge in [0.2, 0.25) is 0 Å². The predicted octanol–water partition coefficient (Wildman–Crippen LogP) is 5.75. The van der Waals surface area contributed by atoms with Crippen LogP contribution in [0.25, 0.3) is 11.1 Å². The molecule has 0 radical (unpaired) electrons. The monoisotopic (exact) mass is 417 g/mol. The first-order chi connectivity index (χ1) is 15.1. The molecule has 1 unspecified atom stereocenters. The van der Waals surface area contributed by atoms with E-state index in [4.69, 9.17) is 14.7 Å². The molecule has 160 valence electrons. The highest BCUT2D eigenvalue weighted by molar-refractivity contribution is 6.00. The SMILES string of the molecule is CC/C(=N\OCCOc1cccc(C(C)C(=O)O)c1)c1ccc(-c2ccccc2)cc1. The molecule has 0 heterocycles. The molecule has 0 aliphatic rings. The molecule has 0 aromatic heterocycles. The number of carboxylic acid groups (broad SMARTS) is 1. The molecule has 0 bridgehead atoms. The molecule has 3 aromatic rings. The number of hydrogen-bond donors (Lipinski definition) is 1. The fourth-order valence-corrected chi connectivity index (χ4v) is 3.14. The minimum Gasteiger partial charge on any atom is -0.490 e. The maximum absolute atomic E-state index is 11.1. The van der Waals surface area contributed by atoms with Gasteiger partial charge in [0.1, 0.15) is 12.4 Å². The van der Waals surface area contributed by atoms with Crippen LogP contribution in [0, 0.1) is 0 Å². The third-order valence-electron chi connectivity index (χ3n) is 5.01. The van der Waals surface area contributed by atoms with Crippen LogP contribution in [0.4, 0.5) is 0 Å². The molecule has 1 atom stereocenters. The molecule has 0 saturated heterocycles. The van der Waals surface area contributed by atoms with Crippen molar-refractivity contribution in [3.8, 4) is 16.9 Å². The van der Waals surface area contributed by atoms with Gasteiger partial charge in [-0.15, -0.1) is 0 Å². The second-order valence-electron chi connectivity index (χ2n) is 7.15. The number of nitrogens with zero attached hydrogens (tertiary/aromatic N) is 1. The molecule has 31 heavy (non-hydrogen) atoms.